The molecule has 0 aromatic carbocycles. The van der Waals surface area contributed by atoms with Crippen LogP contribution in [-0.2, 0) is 14.3 Å². The van der Waals surface area contributed by atoms with Gasteiger partial charge in [0.15, 0.2) is 0 Å². The lowest BCUT2D eigenvalue weighted by Gasteiger charge is -2.28. The molecule has 0 spiro atoms. The fourth-order valence-corrected chi connectivity index (χ4v) is 3.99. The first-order chi connectivity index (χ1) is 14.6. The maximum atomic E-state index is 13.7. The number of fused-ring (bicyclic) bond motifs is 1. The second-order valence-electron chi connectivity index (χ2n) is 7.56. The smallest absolute Gasteiger partial charge is 0.263 e. The van der Waals surface area contributed by atoms with E-state index in [9.17, 15) is 13.6 Å². The van der Waals surface area contributed by atoms with Gasteiger partial charge in [-0.15, -0.1) is 0 Å². The van der Waals surface area contributed by atoms with Crippen molar-refractivity contribution in [3.63, 3.8) is 0 Å². The summed E-state index contributed by atoms with van der Waals surface area (Å²) in [4.78, 5) is 19.9. The maximum absolute atomic E-state index is 13.7. The monoisotopic (exact) mass is 414 g/mol. The van der Waals surface area contributed by atoms with Gasteiger partial charge in [-0.05, 0) is 24.6 Å². The van der Waals surface area contributed by atoms with Crippen LogP contribution in [0.25, 0.3) is 22.2 Å². The van der Waals surface area contributed by atoms with Crippen LogP contribution in [0.4, 0.5) is 14.6 Å². The quantitative estimate of drug-likeness (QED) is 0.623. The number of amides is 1. The molecule has 1 amide bonds. The number of nitrogens with one attached hydrogen (secondary N) is 1. The molecule has 2 fully saturated rings. The largest absolute Gasteiger partial charge is 0.381 e. The summed E-state index contributed by atoms with van der Waals surface area (Å²) >= 11 is 0. The van der Waals surface area contributed by atoms with Gasteiger partial charge in [-0.1, -0.05) is 0 Å². The number of carbonyl (C=O) groups is 1. The average molecular weight is 414 g/mol. The van der Waals surface area contributed by atoms with Gasteiger partial charge in [-0.25, -0.2) is 13.8 Å². The molecular weight excluding hydrogens is 394 g/mol. The van der Waals surface area contributed by atoms with E-state index in [1.165, 1.54) is 12.1 Å². The number of pyridine rings is 2. The summed E-state index contributed by atoms with van der Waals surface area (Å²) in [5, 5.41) is 3.33. The van der Waals surface area contributed by atoms with E-state index in [1.54, 1.807) is 12.3 Å². The van der Waals surface area contributed by atoms with Gasteiger partial charge in [0, 0.05) is 40.9 Å². The van der Waals surface area contributed by atoms with Crippen LogP contribution in [0.3, 0.4) is 0 Å². The third-order valence-corrected chi connectivity index (χ3v) is 5.68. The average Bonchev–Trinajstić information content (AvgIpc) is 3.35. The van der Waals surface area contributed by atoms with Crippen LogP contribution in [0, 0.1) is 0 Å². The molecule has 0 radical (unpaired) electrons. The van der Waals surface area contributed by atoms with Crippen LogP contribution in [0.1, 0.15) is 36.1 Å². The van der Waals surface area contributed by atoms with E-state index in [2.05, 4.69) is 10.3 Å². The molecule has 1 N–H and O–H groups in total. The van der Waals surface area contributed by atoms with Gasteiger partial charge in [0.25, 0.3) is 6.43 Å². The normalized spacial score (nSPS) is 19.4. The van der Waals surface area contributed by atoms with Crippen molar-refractivity contribution in [2.75, 3.05) is 31.7 Å². The molecule has 7 nitrogen and oxygen atoms in total. The maximum Gasteiger partial charge on any atom is 0.263 e. The minimum Gasteiger partial charge on any atom is -0.381 e. The zero-order valence-corrected chi connectivity index (χ0v) is 16.1. The van der Waals surface area contributed by atoms with E-state index in [1.807, 2.05) is 10.8 Å². The van der Waals surface area contributed by atoms with Gasteiger partial charge < -0.3 is 19.4 Å². The number of rotatable bonds is 6. The molecule has 2 saturated heterocycles. The van der Waals surface area contributed by atoms with Crippen molar-refractivity contribution >= 4 is 23.1 Å². The number of nitrogens with zero attached hydrogens (tertiary/aromatic N) is 3. The lowest BCUT2D eigenvalue weighted by Crippen LogP contribution is -2.30. The number of hydrogen-bond donors (Lipinski definition) is 1. The van der Waals surface area contributed by atoms with Gasteiger partial charge in [-0.2, -0.15) is 0 Å². The summed E-state index contributed by atoms with van der Waals surface area (Å²) < 4.78 is 40.1. The first-order valence-corrected chi connectivity index (χ1v) is 9.80. The van der Waals surface area contributed by atoms with Gasteiger partial charge in [0.1, 0.15) is 5.82 Å². The third kappa shape index (κ3) is 3.33. The molecule has 3 aromatic heterocycles. The number of alkyl halides is 2. The summed E-state index contributed by atoms with van der Waals surface area (Å²) in [5.74, 6) is 0.389. The molecule has 2 aliphatic rings. The van der Waals surface area contributed by atoms with Crippen molar-refractivity contribution < 1.29 is 23.0 Å². The van der Waals surface area contributed by atoms with Crippen molar-refractivity contribution in [1.29, 1.82) is 0 Å². The van der Waals surface area contributed by atoms with Gasteiger partial charge >= 0.3 is 0 Å². The minimum absolute atomic E-state index is 0.00443. The second kappa shape index (κ2) is 7.73. The van der Waals surface area contributed by atoms with E-state index >= 15 is 0 Å². The number of carbonyl (C=O) groups excluding carboxylic acids is 1. The molecule has 5 heterocycles. The Morgan fingerprint density at radius 2 is 2.07 bits per heavy atom. The first kappa shape index (κ1) is 19.1. The van der Waals surface area contributed by atoms with E-state index in [-0.39, 0.29) is 17.5 Å². The summed E-state index contributed by atoms with van der Waals surface area (Å²) in [6.45, 7) is 2.24. The Morgan fingerprint density at radius 1 is 1.20 bits per heavy atom. The highest BCUT2D eigenvalue weighted by Gasteiger charge is 2.26. The predicted octanol–water partition coefficient (Wildman–Crippen LogP) is 3.68. The molecule has 0 saturated carbocycles. The van der Waals surface area contributed by atoms with Gasteiger partial charge in [-0.3, -0.25) is 9.78 Å². The van der Waals surface area contributed by atoms with Crippen LogP contribution in [0.15, 0.2) is 30.6 Å². The third-order valence-electron chi connectivity index (χ3n) is 5.68. The highest BCUT2D eigenvalue weighted by atomic mass is 19.3. The SMILES string of the molecule is O=CNc1cc2c(-c3cc(C(F)F)cc(C4CCOC4)n3)cn(C3COC3)c2cn1. The van der Waals surface area contributed by atoms with Crippen LogP contribution in [-0.4, -0.2) is 47.4 Å². The Hall–Kier alpha value is -2.91. The number of halogens is 2. The number of hydrogen-bond acceptors (Lipinski definition) is 5. The zero-order valence-electron chi connectivity index (χ0n) is 16.1. The highest BCUT2D eigenvalue weighted by molar-refractivity contribution is 5.97. The summed E-state index contributed by atoms with van der Waals surface area (Å²) in [6, 6.07) is 4.81. The molecular formula is C21H20F2N4O3. The van der Waals surface area contributed by atoms with Crippen molar-refractivity contribution in [3.8, 4) is 11.3 Å². The molecule has 30 heavy (non-hydrogen) atoms. The van der Waals surface area contributed by atoms with Crippen molar-refractivity contribution in [2.45, 2.75) is 24.8 Å². The second-order valence-corrected chi connectivity index (χ2v) is 7.56. The number of anilines is 1. The molecule has 156 valence electrons. The number of aromatic nitrogens is 3. The molecule has 2 aliphatic heterocycles. The fraction of sp³-hybridized carbons (Fsp3) is 0.381. The first-order valence-electron chi connectivity index (χ1n) is 9.80. The molecule has 0 aliphatic carbocycles. The molecule has 0 bridgehead atoms. The molecule has 5 rings (SSSR count). The van der Waals surface area contributed by atoms with Crippen LogP contribution < -0.4 is 5.32 Å². The molecule has 3 aromatic rings. The summed E-state index contributed by atoms with van der Waals surface area (Å²) in [7, 11) is 0. The standard InChI is InChI=1S/C21H20F2N4O3/c22-21(23)13-3-17(12-1-2-29-8-12)26-18(4-13)16-7-27(14-9-30-10-14)19-6-24-20(25-11-28)5-15(16)19/h3-7,11-12,14,21H,1-2,8-10H2,(H,24,25,28). The lowest BCUT2D eigenvalue weighted by atomic mass is 10.0. The number of ether oxygens (including phenoxy) is 2. The summed E-state index contributed by atoms with van der Waals surface area (Å²) in [6.07, 6.45) is 2.30. The lowest BCUT2D eigenvalue weighted by molar-refractivity contribution is -0.105. The minimum atomic E-state index is -2.60. The highest BCUT2D eigenvalue weighted by Crippen LogP contribution is 2.37. The fourth-order valence-electron chi connectivity index (χ4n) is 3.99. The Labute approximate surface area is 171 Å². The Kier molecular flexibility index (Phi) is 4.92. The van der Waals surface area contributed by atoms with E-state index in [4.69, 9.17) is 14.5 Å². The Morgan fingerprint density at radius 3 is 2.73 bits per heavy atom. The van der Waals surface area contributed by atoms with E-state index in [0.29, 0.717) is 50.0 Å². The van der Waals surface area contributed by atoms with Crippen molar-refractivity contribution in [2.24, 2.45) is 0 Å². The zero-order chi connectivity index (χ0) is 20.7. The topological polar surface area (TPSA) is 78.3 Å². The molecule has 1 unspecified atom stereocenters. The van der Waals surface area contributed by atoms with E-state index < -0.39 is 6.43 Å². The van der Waals surface area contributed by atoms with E-state index in [0.717, 1.165) is 22.9 Å². The molecule has 9 heteroatoms. The van der Waals surface area contributed by atoms with Crippen molar-refractivity contribution in [3.05, 3.63) is 41.9 Å². The summed E-state index contributed by atoms with van der Waals surface area (Å²) in [5.41, 5.74) is 2.59. The predicted molar refractivity (Wildman–Crippen MR) is 106 cm³/mol. The van der Waals surface area contributed by atoms with Crippen LogP contribution in [0.5, 0.6) is 0 Å². The van der Waals surface area contributed by atoms with Gasteiger partial charge in [0.05, 0.1) is 43.3 Å². The Bertz CT molecular complexity index is 1090. The van der Waals surface area contributed by atoms with Crippen molar-refractivity contribution in [1.82, 2.24) is 14.5 Å². The van der Waals surface area contributed by atoms with Crippen LogP contribution >= 0.6 is 0 Å². The molecule has 1 atom stereocenters. The van der Waals surface area contributed by atoms with Gasteiger partial charge in [0.2, 0.25) is 6.41 Å². The Balaban J connectivity index is 1.69. The van der Waals surface area contributed by atoms with Crippen LogP contribution in [0.2, 0.25) is 0 Å².